The Hall–Kier alpha value is -0.900. The van der Waals surface area contributed by atoms with Crippen LogP contribution in [-0.4, -0.2) is 26.5 Å². The van der Waals surface area contributed by atoms with Crippen LogP contribution >= 0.6 is 7.60 Å². The van der Waals surface area contributed by atoms with Crippen LogP contribution in [0, 0.1) is 0 Å². The Morgan fingerprint density at radius 3 is 2.20 bits per heavy atom. The fourth-order valence-corrected chi connectivity index (χ4v) is 2.59. The molecule has 0 aromatic carbocycles. The molecule has 0 spiro atoms. The highest BCUT2D eigenvalue weighted by Crippen LogP contribution is 2.43. The summed E-state index contributed by atoms with van der Waals surface area (Å²) in [5, 5.41) is 8.77. The number of carboxylic acid groups (broad SMARTS) is 1. The van der Waals surface area contributed by atoms with E-state index in [1.165, 1.54) is 11.1 Å². The van der Waals surface area contributed by atoms with E-state index in [2.05, 4.69) is 6.08 Å². The van der Waals surface area contributed by atoms with Gasteiger partial charge in [0, 0.05) is 0 Å². The van der Waals surface area contributed by atoms with E-state index in [4.69, 9.17) is 14.9 Å². The summed E-state index contributed by atoms with van der Waals surface area (Å²) in [4.78, 5) is 28.6. The molecule has 20 heavy (non-hydrogen) atoms. The third-order valence-corrected chi connectivity index (χ3v) is 4.25. The fraction of sp³-hybridized carbons (Fsp3) is 0.643. The molecule has 0 aliphatic rings. The van der Waals surface area contributed by atoms with Crippen LogP contribution in [0.15, 0.2) is 23.3 Å². The fourth-order valence-electron chi connectivity index (χ4n) is 1.79. The molecule has 0 amide bonds. The molecule has 0 saturated heterocycles. The van der Waals surface area contributed by atoms with Gasteiger partial charge in [-0.15, -0.1) is 0 Å². The molecule has 0 heterocycles. The molecule has 5 nitrogen and oxygen atoms in total. The zero-order valence-electron chi connectivity index (χ0n) is 12.4. The van der Waals surface area contributed by atoms with Crippen LogP contribution < -0.4 is 0 Å². The molecule has 0 aliphatic carbocycles. The van der Waals surface area contributed by atoms with E-state index in [9.17, 15) is 9.36 Å². The minimum absolute atomic E-state index is 0.00262. The lowest BCUT2D eigenvalue weighted by atomic mass is 10.1. The Morgan fingerprint density at radius 1 is 1.15 bits per heavy atom. The maximum atomic E-state index is 11.0. The molecule has 0 fully saturated rings. The first-order valence-electron chi connectivity index (χ1n) is 6.71. The highest BCUT2D eigenvalue weighted by molar-refractivity contribution is 7.53. The normalized spacial score (nSPS) is 13.9. The van der Waals surface area contributed by atoms with Gasteiger partial charge in [-0.05, 0) is 52.9 Å². The van der Waals surface area contributed by atoms with Crippen molar-refractivity contribution < 1.29 is 24.3 Å². The van der Waals surface area contributed by atoms with Gasteiger partial charge in [-0.2, -0.15) is 0 Å². The molecule has 116 valence electrons. The van der Waals surface area contributed by atoms with Crippen molar-refractivity contribution in [2.24, 2.45) is 0 Å². The van der Waals surface area contributed by atoms with E-state index in [1.807, 2.05) is 26.8 Å². The summed E-state index contributed by atoms with van der Waals surface area (Å²) in [6.07, 6.45) is 7.20. The summed E-state index contributed by atoms with van der Waals surface area (Å²) < 4.78 is 11.0. The second-order valence-electron chi connectivity index (χ2n) is 5.24. The summed E-state index contributed by atoms with van der Waals surface area (Å²) in [6.45, 7) is 6.11. The summed E-state index contributed by atoms with van der Waals surface area (Å²) in [6, 6.07) is 0. The standard InChI is InChI=1S/C14H25O5P/c1-11(2)7-6-9-12(3)8-4-5-10-13(14(15)16)20(17,18)19/h7-8,13H,4-6,9-10H2,1-3H3,(H,15,16)(H2,17,18,19)/b12-8+. The van der Waals surface area contributed by atoms with E-state index < -0.39 is 19.2 Å². The van der Waals surface area contributed by atoms with Crippen molar-refractivity contribution in [1.29, 1.82) is 0 Å². The molecule has 0 saturated carbocycles. The lowest BCUT2D eigenvalue weighted by molar-refractivity contribution is -0.137. The number of carbonyl (C=O) groups is 1. The molecular weight excluding hydrogens is 279 g/mol. The summed E-state index contributed by atoms with van der Waals surface area (Å²) in [7, 11) is -4.55. The molecule has 0 aromatic rings. The SMILES string of the molecule is CC(C)=CCC/C(C)=C/CCCC(C(=O)O)P(=O)(O)O. The van der Waals surface area contributed by atoms with Crippen LogP contribution in [0.5, 0.6) is 0 Å². The highest BCUT2D eigenvalue weighted by atomic mass is 31.2. The average molecular weight is 304 g/mol. The van der Waals surface area contributed by atoms with Crippen LogP contribution in [-0.2, 0) is 9.36 Å². The molecule has 3 N–H and O–H groups in total. The van der Waals surface area contributed by atoms with Gasteiger partial charge in [0.2, 0.25) is 0 Å². The number of unbranched alkanes of at least 4 members (excludes halogenated alkanes) is 1. The van der Waals surface area contributed by atoms with Gasteiger partial charge >= 0.3 is 13.6 Å². The minimum Gasteiger partial charge on any atom is -0.481 e. The molecule has 6 heteroatoms. The summed E-state index contributed by atoms with van der Waals surface area (Å²) in [5.74, 6) is -1.43. The first-order valence-corrected chi connectivity index (χ1v) is 8.39. The molecule has 0 aromatic heterocycles. The van der Waals surface area contributed by atoms with E-state index >= 15 is 0 Å². The Kier molecular flexibility index (Phi) is 8.70. The van der Waals surface area contributed by atoms with Crippen LogP contribution in [0.2, 0.25) is 0 Å². The zero-order chi connectivity index (χ0) is 15.8. The minimum atomic E-state index is -4.55. The van der Waals surface area contributed by atoms with E-state index in [0.29, 0.717) is 12.8 Å². The second-order valence-corrected chi connectivity index (χ2v) is 7.05. The quantitative estimate of drug-likeness (QED) is 0.344. The average Bonchev–Trinajstić information content (AvgIpc) is 2.25. The maximum Gasteiger partial charge on any atom is 0.339 e. The van der Waals surface area contributed by atoms with Crippen molar-refractivity contribution in [2.45, 2.75) is 58.5 Å². The number of rotatable bonds is 9. The van der Waals surface area contributed by atoms with Crippen LogP contribution in [0.4, 0.5) is 0 Å². The van der Waals surface area contributed by atoms with Crippen LogP contribution in [0.3, 0.4) is 0 Å². The van der Waals surface area contributed by atoms with E-state index in [0.717, 1.165) is 12.8 Å². The van der Waals surface area contributed by atoms with E-state index in [-0.39, 0.29) is 6.42 Å². The highest BCUT2D eigenvalue weighted by Gasteiger charge is 2.34. The van der Waals surface area contributed by atoms with E-state index in [1.54, 1.807) is 0 Å². The largest absolute Gasteiger partial charge is 0.481 e. The second kappa shape index (κ2) is 9.11. The van der Waals surface area contributed by atoms with Crippen molar-refractivity contribution >= 4 is 13.6 Å². The first kappa shape index (κ1) is 19.1. The van der Waals surface area contributed by atoms with Crippen molar-refractivity contribution in [3.63, 3.8) is 0 Å². The topological polar surface area (TPSA) is 94.8 Å². The van der Waals surface area contributed by atoms with Gasteiger partial charge in [0.25, 0.3) is 0 Å². The predicted octanol–water partition coefficient (Wildman–Crippen LogP) is 3.48. The molecule has 0 bridgehead atoms. The van der Waals surface area contributed by atoms with Crippen LogP contribution in [0.25, 0.3) is 0 Å². The zero-order valence-corrected chi connectivity index (χ0v) is 13.3. The smallest absolute Gasteiger partial charge is 0.339 e. The van der Waals surface area contributed by atoms with Crippen molar-refractivity contribution in [1.82, 2.24) is 0 Å². The van der Waals surface area contributed by atoms with Crippen molar-refractivity contribution in [3.05, 3.63) is 23.3 Å². The molecule has 0 radical (unpaired) electrons. The molecular formula is C14H25O5P. The first-order chi connectivity index (χ1) is 9.14. The van der Waals surface area contributed by atoms with Crippen molar-refractivity contribution in [3.8, 4) is 0 Å². The number of aliphatic carboxylic acids is 1. The third-order valence-electron chi connectivity index (χ3n) is 2.96. The van der Waals surface area contributed by atoms with Gasteiger partial charge in [-0.3, -0.25) is 9.36 Å². The Morgan fingerprint density at radius 2 is 1.75 bits per heavy atom. The molecule has 0 aliphatic heterocycles. The number of hydrogen-bond donors (Lipinski definition) is 3. The van der Waals surface area contributed by atoms with Gasteiger partial charge in [-0.1, -0.05) is 23.3 Å². The summed E-state index contributed by atoms with van der Waals surface area (Å²) >= 11 is 0. The Labute approximate surface area is 120 Å². The van der Waals surface area contributed by atoms with Crippen LogP contribution in [0.1, 0.15) is 52.9 Å². The van der Waals surface area contributed by atoms with Gasteiger partial charge < -0.3 is 14.9 Å². The lowest BCUT2D eigenvalue weighted by Crippen LogP contribution is -2.20. The lowest BCUT2D eigenvalue weighted by Gasteiger charge is -2.13. The molecule has 1 atom stereocenters. The number of carboxylic acids is 1. The Bertz CT molecular complexity index is 415. The monoisotopic (exact) mass is 304 g/mol. The van der Waals surface area contributed by atoms with Crippen molar-refractivity contribution in [2.75, 3.05) is 0 Å². The third kappa shape index (κ3) is 9.08. The Balaban J connectivity index is 4.14. The number of hydrogen-bond acceptors (Lipinski definition) is 2. The predicted molar refractivity (Wildman–Crippen MR) is 79.7 cm³/mol. The maximum absolute atomic E-state index is 11.0. The number of allylic oxidation sites excluding steroid dienone is 4. The van der Waals surface area contributed by atoms with Gasteiger partial charge in [-0.25, -0.2) is 0 Å². The molecule has 1 unspecified atom stereocenters. The van der Waals surface area contributed by atoms with Gasteiger partial charge in [0.15, 0.2) is 5.66 Å². The van der Waals surface area contributed by atoms with Gasteiger partial charge in [0.1, 0.15) is 0 Å². The summed E-state index contributed by atoms with van der Waals surface area (Å²) in [5.41, 5.74) is 0.913. The molecule has 0 rings (SSSR count). The van der Waals surface area contributed by atoms with Gasteiger partial charge in [0.05, 0.1) is 0 Å².